The zero-order chi connectivity index (χ0) is 11.9. The van der Waals surface area contributed by atoms with E-state index in [0.29, 0.717) is 19.6 Å². The number of ether oxygens (including phenoxy) is 4. The molecule has 0 aromatic carbocycles. The third-order valence-electron chi connectivity index (χ3n) is 3.36. The highest BCUT2D eigenvalue weighted by atomic mass is 16.8. The van der Waals surface area contributed by atoms with Crippen LogP contribution in [0.1, 0.15) is 32.1 Å². The smallest absolute Gasteiger partial charge is 0.320 e. The lowest BCUT2D eigenvalue weighted by atomic mass is 9.88. The average Bonchev–Trinajstić information content (AvgIpc) is 2.63. The molecule has 94 valence electrons. The van der Waals surface area contributed by atoms with Gasteiger partial charge in [0.25, 0.3) is 5.79 Å². The number of carbonyl (C=O) groups is 2. The summed E-state index contributed by atoms with van der Waals surface area (Å²) in [5.74, 6) is -2.97. The van der Waals surface area contributed by atoms with Crippen LogP contribution < -0.4 is 0 Å². The molecule has 0 amide bonds. The molecule has 2 saturated heterocycles. The second kappa shape index (κ2) is 3.68. The maximum atomic E-state index is 11.3. The summed E-state index contributed by atoms with van der Waals surface area (Å²) in [6.45, 7) is 1.05. The van der Waals surface area contributed by atoms with E-state index in [9.17, 15) is 9.59 Å². The van der Waals surface area contributed by atoms with Crippen LogP contribution in [0.2, 0.25) is 0 Å². The molecule has 2 heterocycles. The van der Waals surface area contributed by atoms with Crippen LogP contribution in [-0.4, -0.2) is 36.7 Å². The van der Waals surface area contributed by atoms with Crippen molar-refractivity contribution in [3.05, 3.63) is 0 Å². The molecule has 0 bridgehead atoms. The number of carbonyl (C=O) groups excluding carboxylic acids is 2. The fourth-order valence-electron chi connectivity index (χ4n) is 2.76. The maximum absolute atomic E-state index is 11.3. The minimum absolute atomic E-state index is 0.275. The van der Waals surface area contributed by atoms with Crippen molar-refractivity contribution in [2.45, 2.75) is 43.7 Å². The van der Waals surface area contributed by atoms with Gasteiger partial charge in [0.05, 0.1) is 19.6 Å². The first kappa shape index (κ1) is 11.0. The van der Waals surface area contributed by atoms with Gasteiger partial charge >= 0.3 is 11.9 Å². The maximum Gasteiger partial charge on any atom is 0.320 e. The Labute approximate surface area is 98.1 Å². The van der Waals surface area contributed by atoms with Gasteiger partial charge in [-0.3, -0.25) is 9.59 Å². The first-order chi connectivity index (χ1) is 8.12. The Bertz CT molecular complexity index is 341. The molecule has 1 aliphatic carbocycles. The first-order valence-electron chi connectivity index (χ1n) is 5.83. The summed E-state index contributed by atoms with van der Waals surface area (Å²) in [6.07, 6.45) is 1.96. The average molecular weight is 242 g/mol. The second-order valence-electron chi connectivity index (χ2n) is 4.67. The molecular weight excluding hydrogens is 228 g/mol. The highest BCUT2D eigenvalue weighted by Crippen LogP contribution is 2.44. The van der Waals surface area contributed by atoms with Crippen molar-refractivity contribution >= 4 is 11.9 Å². The van der Waals surface area contributed by atoms with Crippen molar-refractivity contribution in [3.8, 4) is 0 Å². The standard InChI is InChI=1S/C11H14O6/c12-8-6-9(13)17-11(16-8)3-1-2-10(7-11)14-4-5-15-10/h1-7H2. The van der Waals surface area contributed by atoms with Gasteiger partial charge in [-0.05, 0) is 6.42 Å². The summed E-state index contributed by atoms with van der Waals surface area (Å²) < 4.78 is 21.6. The van der Waals surface area contributed by atoms with Gasteiger partial charge in [0.15, 0.2) is 5.79 Å². The van der Waals surface area contributed by atoms with E-state index in [1.165, 1.54) is 0 Å². The summed E-state index contributed by atoms with van der Waals surface area (Å²) in [5.41, 5.74) is 0. The Hall–Kier alpha value is -1.14. The molecule has 3 rings (SSSR count). The van der Waals surface area contributed by atoms with Gasteiger partial charge in [0, 0.05) is 12.8 Å². The lowest BCUT2D eigenvalue weighted by Crippen LogP contribution is -2.53. The molecule has 6 heteroatoms. The SMILES string of the molecule is O=C1CC(=O)OC2(CCCC3(C2)OCCO3)O1. The summed E-state index contributed by atoms with van der Waals surface area (Å²) in [7, 11) is 0. The number of hydrogen-bond acceptors (Lipinski definition) is 6. The van der Waals surface area contributed by atoms with Crippen LogP contribution >= 0.6 is 0 Å². The van der Waals surface area contributed by atoms with Crippen molar-refractivity contribution < 1.29 is 28.5 Å². The van der Waals surface area contributed by atoms with Gasteiger partial charge in [-0.2, -0.15) is 0 Å². The topological polar surface area (TPSA) is 71.1 Å². The number of esters is 2. The zero-order valence-corrected chi connectivity index (χ0v) is 9.40. The molecule has 0 atom stereocenters. The number of rotatable bonds is 0. The van der Waals surface area contributed by atoms with Crippen LogP contribution in [0.4, 0.5) is 0 Å². The molecular formula is C11H14O6. The molecule has 0 aromatic heterocycles. The van der Waals surface area contributed by atoms with Crippen LogP contribution in [0.15, 0.2) is 0 Å². The first-order valence-corrected chi connectivity index (χ1v) is 5.83. The summed E-state index contributed by atoms with van der Waals surface area (Å²) in [4.78, 5) is 22.7. The van der Waals surface area contributed by atoms with Gasteiger partial charge in [-0.1, -0.05) is 0 Å². The molecule has 0 N–H and O–H groups in total. The highest BCUT2D eigenvalue weighted by Gasteiger charge is 2.55. The Morgan fingerprint density at radius 3 is 2.12 bits per heavy atom. The van der Waals surface area contributed by atoms with E-state index >= 15 is 0 Å². The predicted molar refractivity (Wildman–Crippen MR) is 52.6 cm³/mol. The molecule has 3 fully saturated rings. The van der Waals surface area contributed by atoms with Crippen molar-refractivity contribution in [2.24, 2.45) is 0 Å². The van der Waals surface area contributed by atoms with Gasteiger partial charge in [-0.25, -0.2) is 0 Å². The molecule has 0 aromatic rings. The van der Waals surface area contributed by atoms with Crippen LogP contribution in [0.5, 0.6) is 0 Å². The molecule has 2 spiro atoms. The second-order valence-corrected chi connectivity index (χ2v) is 4.67. The lowest BCUT2D eigenvalue weighted by molar-refractivity contribution is -0.299. The van der Waals surface area contributed by atoms with E-state index in [-0.39, 0.29) is 12.8 Å². The quantitative estimate of drug-likeness (QED) is 0.455. The molecule has 6 nitrogen and oxygen atoms in total. The Balaban J connectivity index is 1.81. The van der Waals surface area contributed by atoms with Crippen molar-refractivity contribution in [2.75, 3.05) is 13.2 Å². The minimum atomic E-state index is -1.17. The molecule has 3 aliphatic rings. The fourth-order valence-corrected chi connectivity index (χ4v) is 2.76. The lowest BCUT2D eigenvalue weighted by Gasteiger charge is -2.44. The van der Waals surface area contributed by atoms with Crippen LogP contribution in [0.3, 0.4) is 0 Å². The number of hydrogen-bond donors (Lipinski definition) is 0. The van der Waals surface area contributed by atoms with E-state index in [2.05, 4.69) is 0 Å². The zero-order valence-electron chi connectivity index (χ0n) is 9.40. The minimum Gasteiger partial charge on any atom is -0.422 e. The fraction of sp³-hybridized carbons (Fsp3) is 0.818. The predicted octanol–water partition coefficient (Wildman–Crippen LogP) is 0.490. The molecule has 17 heavy (non-hydrogen) atoms. The van der Waals surface area contributed by atoms with E-state index in [0.717, 1.165) is 12.8 Å². The van der Waals surface area contributed by atoms with Gasteiger partial charge < -0.3 is 18.9 Å². The Kier molecular flexibility index (Phi) is 2.38. The highest BCUT2D eigenvalue weighted by molar-refractivity contribution is 5.93. The van der Waals surface area contributed by atoms with Gasteiger partial charge in [0.1, 0.15) is 6.42 Å². The molecule has 0 radical (unpaired) electrons. The van der Waals surface area contributed by atoms with E-state index < -0.39 is 23.5 Å². The molecule has 0 unspecified atom stereocenters. The normalized spacial score (nSPS) is 30.4. The van der Waals surface area contributed by atoms with E-state index in [4.69, 9.17) is 18.9 Å². The Morgan fingerprint density at radius 1 is 0.882 bits per heavy atom. The summed E-state index contributed by atoms with van der Waals surface area (Å²) >= 11 is 0. The third-order valence-corrected chi connectivity index (χ3v) is 3.36. The van der Waals surface area contributed by atoms with Gasteiger partial charge in [0.2, 0.25) is 0 Å². The van der Waals surface area contributed by atoms with Crippen LogP contribution in [-0.2, 0) is 28.5 Å². The molecule has 2 aliphatic heterocycles. The van der Waals surface area contributed by atoms with E-state index in [1.807, 2.05) is 0 Å². The van der Waals surface area contributed by atoms with E-state index in [1.54, 1.807) is 0 Å². The summed E-state index contributed by atoms with van der Waals surface area (Å²) in [6, 6.07) is 0. The van der Waals surface area contributed by atoms with Crippen molar-refractivity contribution in [3.63, 3.8) is 0 Å². The largest absolute Gasteiger partial charge is 0.422 e. The van der Waals surface area contributed by atoms with Crippen LogP contribution in [0, 0.1) is 0 Å². The monoisotopic (exact) mass is 242 g/mol. The van der Waals surface area contributed by atoms with Crippen molar-refractivity contribution in [1.29, 1.82) is 0 Å². The Morgan fingerprint density at radius 2 is 1.47 bits per heavy atom. The molecule has 1 saturated carbocycles. The summed E-state index contributed by atoms with van der Waals surface area (Å²) in [5, 5.41) is 0. The van der Waals surface area contributed by atoms with Crippen molar-refractivity contribution in [1.82, 2.24) is 0 Å². The van der Waals surface area contributed by atoms with Gasteiger partial charge in [-0.15, -0.1) is 0 Å². The third kappa shape index (κ3) is 1.91. The van der Waals surface area contributed by atoms with Crippen LogP contribution in [0.25, 0.3) is 0 Å².